The molecule has 0 bridgehead atoms. The Morgan fingerprint density at radius 3 is 2.06 bits per heavy atom. The van der Waals surface area contributed by atoms with Gasteiger partial charge >= 0.3 is 0 Å². The minimum Gasteiger partial charge on any atom is -0.465 e. The second-order valence-corrected chi connectivity index (χ2v) is 8.09. The average molecular weight is 437 g/mol. The Kier molecular flexibility index (Phi) is 7.49. The van der Waals surface area contributed by atoms with E-state index in [1.165, 1.54) is 11.1 Å². The number of rotatable bonds is 9. The van der Waals surface area contributed by atoms with Crippen LogP contribution in [0.2, 0.25) is 0 Å². The van der Waals surface area contributed by atoms with Gasteiger partial charge in [-0.3, -0.25) is 4.79 Å². The molecule has 0 fully saturated rings. The SMILES string of the molecule is Cc1ccc(CCCC(=O)Nc2ccc(OC(c3ccccc3)c3ccccc3)nc2)cc1. The van der Waals surface area contributed by atoms with Gasteiger partial charge in [-0.1, -0.05) is 90.5 Å². The lowest BCUT2D eigenvalue weighted by Gasteiger charge is -2.19. The van der Waals surface area contributed by atoms with Gasteiger partial charge in [-0.05, 0) is 42.5 Å². The van der Waals surface area contributed by atoms with Crippen LogP contribution in [0.15, 0.2) is 103 Å². The normalized spacial score (nSPS) is 10.7. The minimum absolute atomic E-state index is 0.0102. The molecule has 0 saturated heterocycles. The van der Waals surface area contributed by atoms with Crippen molar-refractivity contribution in [1.29, 1.82) is 0 Å². The molecule has 0 aliphatic rings. The third-order valence-corrected chi connectivity index (χ3v) is 5.45. The Morgan fingerprint density at radius 2 is 1.48 bits per heavy atom. The molecule has 0 aliphatic carbocycles. The van der Waals surface area contributed by atoms with Gasteiger partial charge in [0.1, 0.15) is 0 Å². The van der Waals surface area contributed by atoms with Crippen LogP contribution in [0.4, 0.5) is 5.69 Å². The number of nitrogens with zero attached hydrogens (tertiary/aromatic N) is 1. The van der Waals surface area contributed by atoms with Crippen LogP contribution in [0, 0.1) is 6.92 Å². The third-order valence-electron chi connectivity index (χ3n) is 5.45. The van der Waals surface area contributed by atoms with Gasteiger partial charge in [0, 0.05) is 12.5 Å². The molecular formula is C29H28N2O2. The molecule has 4 aromatic rings. The van der Waals surface area contributed by atoms with E-state index >= 15 is 0 Å². The zero-order chi connectivity index (χ0) is 22.9. The number of anilines is 1. The third kappa shape index (κ3) is 6.53. The van der Waals surface area contributed by atoms with Gasteiger partial charge in [0.05, 0.1) is 11.9 Å². The molecule has 4 nitrogen and oxygen atoms in total. The van der Waals surface area contributed by atoms with Gasteiger partial charge in [0.25, 0.3) is 0 Å². The highest BCUT2D eigenvalue weighted by Crippen LogP contribution is 2.27. The smallest absolute Gasteiger partial charge is 0.224 e. The maximum absolute atomic E-state index is 12.3. The van der Waals surface area contributed by atoms with Gasteiger partial charge in [0.2, 0.25) is 11.8 Å². The Hall–Kier alpha value is -3.92. The Morgan fingerprint density at radius 1 is 0.848 bits per heavy atom. The van der Waals surface area contributed by atoms with Gasteiger partial charge < -0.3 is 10.1 Å². The van der Waals surface area contributed by atoms with Crippen LogP contribution in [-0.4, -0.2) is 10.9 Å². The quantitative estimate of drug-likeness (QED) is 0.325. The summed E-state index contributed by atoms with van der Waals surface area (Å²) in [4.78, 5) is 16.7. The van der Waals surface area contributed by atoms with E-state index in [0.29, 0.717) is 18.0 Å². The van der Waals surface area contributed by atoms with E-state index in [0.717, 1.165) is 24.0 Å². The van der Waals surface area contributed by atoms with E-state index in [1.807, 2.05) is 66.7 Å². The van der Waals surface area contributed by atoms with Crippen LogP contribution in [-0.2, 0) is 11.2 Å². The standard InChI is InChI=1S/C29H28N2O2/c1-22-15-17-23(18-16-22)9-8-14-27(32)31-26-19-20-28(30-21-26)33-29(24-10-4-2-5-11-24)25-12-6-3-7-13-25/h2-7,10-13,15-21,29H,8-9,14H2,1H3,(H,31,32). The molecule has 1 aromatic heterocycles. The molecule has 0 radical (unpaired) electrons. The second-order valence-electron chi connectivity index (χ2n) is 8.09. The number of ether oxygens (including phenoxy) is 1. The van der Waals surface area contributed by atoms with Crippen molar-refractivity contribution in [2.24, 2.45) is 0 Å². The molecule has 4 rings (SSSR count). The molecule has 166 valence electrons. The molecule has 0 aliphatic heterocycles. The van der Waals surface area contributed by atoms with Crippen LogP contribution >= 0.6 is 0 Å². The minimum atomic E-state index is -0.262. The molecule has 4 heteroatoms. The van der Waals surface area contributed by atoms with Crippen LogP contribution in [0.5, 0.6) is 5.88 Å². The highest BCUT2D eigenvalue weighted by Gasteiger charge is 2.16. The fraction of sp³-hybridized carbons (Fsp3) is 0.172. The first-order valence-corrected chi connectivity index (χ1v) is 11.3. The van der Waals surface area contributed by atoms with Crippen molar-refractivity contribution in [1.82, 2.24) is 4.98 Å². The first-order chi connectivity index (χ1) is 16.2. The van der Waals surface area contributed by atoms with E-state index in [4.69, 9.17) is 4.74 Å². The summed E-state index contributed by atoms with van der Waals surface area (Å²) in [5.41, 5.74) is 5.27. The number of aryl methyl sites for hydroxylation is 2. The Balaban J connectivity index is 1.34. The molecule has 1 N–H and O–H groups in total. The maximum Gasteiger partial charge on any atom is 0.224 e. The van der Waals surface area contributed by atoms with E-state index in [9.17, 15) is 4.79 Å². The fourth-order valence-corrected chi connectivity index (χ4v) is 3.66. The summed E-state index contributed by atoms with van der Waals surface area (Å²) < 4.78 is 6.24. The van der Waals surface area contributed by atoms with Gasteiger partial charge in [0.15, 0.2) is 6.10 Å². The number of pyridine rings is 1. The number of hydrogen-bond donors (Lipinski definition) is 1. The monoisotopic (exact) mass is 436 g/mol. The number of carbonyl (C=O) groups excluding carboxylic acids is 1. The molecule has 1 amide bonds. The predicted molar refractivity (Wildman–Crippen MR) is 132 cm³/mol. The van der Waals surface area contributed by atoms with Gasteiger partial charge in [-0.15, -0.1) is 0 Å². The number of nitrogens with one attached hydrogen (secondary N) is 1. The number of hydrogen-bond acceptors (Lipinski definition) is 3. The molecule has 33 heavy (non-hydrogen) atoms. The number of amides is 1. The zero-order valence-electron chi connectivity index (χ0n) is 18.8. The van der Waals surface area contributed by atoms with E-state index < -0.39 is 0 Å². The highest BCUT2D eigenvalue weighted by atomic mass is 16.5. The summed E-state index contributed by atoms with van der Waals surface area (Å²) in [7, 11) is 0. The molecule has 1 heterocycles. The summed E-state index contributed by atoms with van der Waals surface area (Å²) in [6.07, 6.45) is 3.54. The summed E-state index contributed by atoms with van der Waals surface area (Å²) in [6, 6.07) is 32.2. The maximum atomic E-state index is 12.3. The Labute approximate surface area is 195 Å². The molecular weight excluding hydrogens is 408 g/mol. The summed E-state index contributed by atoms with van der Waals surface area (Å²) in [6.45, 7) is 2.07. The summed E-state index contributed by atoms with van der Waals surface area (Å²) >= 11 is 0. The largest absolute Gasteiger partial charge is 0.465 e. The number of carbonyl (C=O) groups is 1. The van der Waals surface area contributed by atoms with Crippen LogP contribution in [0.1, 0.15) is 41.2 Å². The van der Waals surface area contributed by atoms with Crippen molar-refractivity contribution in [2.75, 3.05) is 5.32 Å². The first kappa shape index (κ1) is 22.3. The number of aromatic nitrogens is 1. The van der Waals surface area contributed by atoms with Crippen molar-refractivity contribution in [3.05, 3.63) is 126 Å². The second kappa shape index (κ2) is 11.1. The molecule has 0 atom stereocenters. The molecule has 0 spiro atoms. The van der Waals surface area contributed by atoms with Crippen molar-refractivity contribution >= 4 is 11.6 Å². The van der Waals surface area contributed by atoms with Crippen molar-refractivity contribution < 1.29 is 9.53 Å². The molecule has 0 saturated carbocycles. The average Bonchev–Trinajstić information content (AvgIpc) is 2.86. The highest BCUT2D eigenvalue weighted by molar-refractivity contribution is 5.90. The van der Waals surface area contributed by atoms with Gasteiger partial charge in [-0.2, -0.15) is 0 Å². The number of benzene rings is 3. The Bertz CT molecular complexity index is 1100. The van der Waals surface area contributed by atoms with Crippen LogP contribution in [0.25, 0.3) is 0 Å². The zero-order valence-corrected chi connectivity index (χ0v) is 18.8. The summed E-state index contributed by atoms with van der Waals surface area (Å²) in [5.74, 6) is 0.495. The molecule has 0 unspecified atom stereocenters. The predicted octanol–water partition coefficient (Wildman–Crippen LogP) is 6.52. The lowest BCUT2D eigenvalue weighted by atomic mass is 10.0. The summed E-state index contributed by atoms with van der Waals surface area (Å²) in [5, 5.41) is 2.92. The van der Waals surface area contributed by atoms with E-state index in [2.05, 4.69) is 41.5 Å². The lowest BCUT2D eigenvalue weighted by Crippen LogP contribution is -2.12. The van der Waals surface area contributed by atoms with E-state index in [1.54, 1.807) is 12.3 Å². The van der Waals surface area contributed by atoms with Crippen molar-refractivity contribution in [2.45, 2.75) is 32.3 Å². The first-order valence-electron chi connectivity index (χ1n) is 11.3. The topological polar surface area (TPSA) is 51.2 Å². The van der Waals surface area contributed by atoms with Crippen molar-refractivity contribution in [3.8, 4) is 5.88 Å². The van der Waals surface area contributed by atoms with E-state index in [-0.39, 0.29) is 12.0 Å². The van der Waals surface area contributed by atoms with Crippen molar-refractivity contribution in [3.63, 3.8) is 0 Å². The fourth-order valence-electron chi connectivity index (χ4n) is 3.66. The van der Waals surface area contributed by atoms with Gasteiger partial charge in [-0.25, -0.2) is 4.98 Å². The lowest BCUT2D eigenvalue weighted by molar-refractivity contribution is -0.116. The molecule has 3 aromatic carbocycles. The van der Waals surface area contributed by atoms with Crippen LogP contribution < -0.4 is 10.1 Å². The van der Waals surface area contributed by atoms with Crippen LogP contribution in [0.3, 0.4) is 0 Å².